The normalized spacial score (nSPS) is 18.3. The lowest BCUT2D eigenvalue weighted by molar-refractivity contribution is -0.275. The van der Waals surface area contributed by atoms with Crippen molar-refractivity contribution in [1.29, 1.82) is 0 Å². The van der Waals surface area contributed by atoms with Crippen molar-refractivity contribution in [1.82, 2.24) is 20.9 Å². The highest BCUT2D eigenvalue weighted by molar-refractivity contribution is 5.94. The Balaban J connectivity index is 0.000000241. The highest BCUT2D eigenvalue weighted by Crippen LogP contribution is 2.29. The van der Waals surface area contributed by atoms with E-state index in [0.717, 1.165) is 12.1 Å². The van der Waals surface area contributed by atoms with E-state index in [9.17, 15) is 27.2 Å². The van der Waals surface area contributed by atoms with Gasteiger partial charge in [0.25, 0.3) is 5.91 Å². The zero-order chi connectivity index (χ0) is 25.4. The van der Waals surface area contributed by atoms with E-state index in [2.05, 4.69) is 25.7 Å². The van der Waals surface area contributed by atoms with Crippen molar-refractivity contribution < 1.29 is 41.4 Å². The molecule has 0 bridgehead atoms. The Bertz CT molecular complexity index is 1080. The third-order valence-electron chi connectivity index (χ3n) is 4.62. The van der Waals surface area contributed by atoms with Gasteiger partial charge in [0.2, 0.25) is 0 Å². The van der Waals surface area contributed by atoms with E-state index in [0.29, 0.717) is 24.5 Å². The van der Waals surface area contributed by atoms with E-state index in [1.54, 1.807) is 19.2 Å². The molecule has 1 aromatic carbocycles. The van der Waals surface area contributed by atoms with E-state index in [1.165, 1.54) is 18.3 Å². The molecule has 3 N–H and O–H groups in total. The summed E-state index contributed by atoms with van der Waals surface area (Å²) in [7, 11) is 0. The van der Waals surface area contributed by atoms with Crippen molar-refractivity contribution in [2.45, 2.75) is 31.9 Å². The number of carbonyl (C=O) groups is 2. The number of alkyl halides is 3. The van der Waals surface area contributed by atoms with Gasteiger partial charge in [0.1, 0.15) is 17.1 Å². The Kier molecular flexibility index (Phi) is 8.34. The lowest BCUT2D eigenvalue weighted by Gasteiger charge is -2.25. The number of para-hydroxylation sites is 1. The monoisotopic (exact) mass is 498 g/mol. The third kappa shape index (κ3) is 7.22. The molecule has 0 saturated heterocycles. The molecule has 2 aromatic rings. The Morgan fingerprint density at radius 2 is 2.00 bits per heavy atom. The number of aromatic nitrogens is 1. The zero-order valence-corrected chi connectivity index (χ0v) is 18.4. The fourth-order valence-corrected chi connectivity index (χ4v) is 3.13. The molecular weight excluding hydrogens is 476 g/mol. The van der Waals surface area contributed by atoms with Crippen LogP contribution in [0, 0.1) is 5.82 Å². The van der Waals surface area contributed by atoms with Gasteiger partial charge in [-0.05, 0) is 31.2 Å². The predicted molar refractivity (Wildman–Crippen MR) is 113 cm³/mol. The highest BCUT2D eigenvalue weighted by Gasteiger charge is 2.32. The second-order valence-corrected chi connectivity index (χ2v) is 7.08. The summed E-state index contributed by atoms with van der Waals surface area (Å²) in [5, 5.41) is 8.48. The highest BCUT2D eigenvalue weighted by atomic mass is 19.4. The fourth-order valence-electron chi connectivity index (χ4n) is 3.13. The molecule has 0 spiro atoms. The number of esters is 1. The summed E-state index contributed by atoms with van der Waals surface area (Å²) in [4.78, 5) is 28.3. The molecule has 2 unspecified atom stereocenters. The van der Waals surface area contributed by atoms with Crippen LogP contribution in [0.15, 0.2) is 54.5 Å². The van der Waals surface area contributed by atoms with Gasteiger partial charge in [-0.2, -0.15) is 0 Å². The van der Waals surface area contributed by atoms with Crippen LogP contribution in [0.3, 0.4) is 0 Å². The summed E-state index contributed by atoms with van der Waals surface area (Å²) in [5.41, 5.74) is 0.993. The second-order valence-electron chi connectivity index (χ2n) is 7.08. The van der Waals surface area contributed by atoms with Crippen LogP contribution in [0.2, 0.25) is 0 Å². The minimum Gasteiger partial charge on any atom is -0.491 e. The van der Waals surface area contributed by atoms with Crippen LogP contribution in [0.25, 0.3) is 0 Å². The molecule has 2 aliphatic heterocycles. The molecule has 1 aromatic heterocycles. The van der Waals surface area contributed by atoms with Crippen molar-refractivity contribution in [3.05, 3.63) is 66.0 Å². The minimum atomic E-state index is -4.85. The molecule has 1 amide bonds. The Morgan fingerprint density at radius 1 is 1.23 bits per heavy atom. The van der Waals surface area contributed by atoms with Crippen LogP contribution in [-0.2, 0) is 14.3 Å². The van der Waals surface area contributed by atoms with Crippen LogP contribution < -0.4 is 25.4 Å². The third-order valence-corrected chi connectivity index (χ3v) is 4.62. The molecule has 9 nitrogen and oxygen atoms in total. The number of carbonyl (C=O) groups excluding carboxylic acids is 2. The van der Waals surface area contributed by atoms with Gasteiger partial charge >= 0.3 is 12.3 Å². The molecular formula is C22H22F4N4O5. The number of pyridine rings is 1. The van der Waals surface area contributed by atoms with E-state index >= 15 is 0 Å². The maximum atomic E-state index is 12.5. The summed E-state index contributed by atoms with van der Waals surface area (Å²) >= 11 is 0. The first-order valence-corrected chi connectivity index (χ1v) is 10.5. The summed E-state index contributed by atoms with van der Waals surface area (Å²) < 4.78 is 60.9. The zero-order valence-electron chi connectivity index (χ0n) is 18.4. The van der Waals surface area contributed by atoms with Gasteiger partial charge in [-0.15, -0.1) is 13.2 Å². The van der Waals surface area contributed by atoms with Crippen molar-refractivity contribution in [3.8, 4) is 11.5 Å². The molecule has 2 atom stereocenters. The average Bonchev–Trinajstić information content (AvgIpc) is 3.31. The topological polar surface area (TPSA) is 111 Å². The van der Waals surface area contributed by atoms with E-state index in [4.69, 9.17) is 9.47 Å². The van der Waals surface area contributed by atoms with E-state index in [-0.39, 0.29) is 24.3 Å². The van der Waals surface area contributed by atoms with Gasteiger partial charge in [-0.1, -0.05) is 12.1 Å². The molecule has 3 heterocycles. The molecule has 0 radical (unpaired) electrons. The summed E-state index contributed by atoms with van der Waals surface area (Å²) in [6.07, 6.45) is -1.82. The largest absolute Gasteiger partial charge is 0.573 e. The van der Waals surface area contributed by atoms with Gasteiger partial charge in [0.15, 0.2) is 17.7 Å². The minimum absolute atomic E-state index is 0.225. The fraction of sp³-hybridized carbons (Fsp3) is 0.318. The van der Waals surface area contributed by atoms with Gasteiger partial charge in [0.05, 0.1) is 19.3 Å². The number of rotatable bonds is 5. The van der Waals surface area contributed by atoms with Crippen LogP contribution in [-0.4, -0.2) is 42.6 Å². The average molecular weight is 498 g/mol. The maximum Gasteiger partial charge on any atom is 0.573 e. The number of hydrogen-bond acceptors (Lipinski definition) is 8. The molecule has 4 rings (SSSR count). The lowest BCUT2D eigenvalue weighted by atomic mass is 10.1. The first-order valence-electron chi connectivity index (χ1n) is 10.5. The standard InChI is InChI=1S/C15H18N4O4.C7H4F4O/c1-2-22-15(21)13-17-8-10(18-13)14(20)19-9-5-7-23-11-4-3-6-16-12(9)11;8-5-3-1-2-4-6(5)12-7(9,10)11/h3-4,6,8-9,13,17-18H,2,5,7H2,1H3,(H,19,20);1-4H. The molecule has 2 aliphatic rings. The predicted octanol–water partition coefficient (Wildman–Crippen LogP) is 2.67. The lowest BCUT2D eigenvalue weighted by Crippen LogP contribution is -2.44. The quantitative estimate of drug-likeness (QED) is 0.427. The van der Waals surface area contributed by atoms with Crippen molar-refractivity contribution >= 4 is 11.9 Å². The molecule has 188 valence electrons. The molecule has 0 aliphatic carbocycles. The number of ether oxygens (including phenoxy) is 3. The van der Waals surface area contributed by atoms with Crippen molar-refractivity contribution in [2.75, 3.05) is 13.2 Å². The maximum absolute atomic E-state index is 12.5. The second kappa shape index (κ2) is 11.4. The first kappa shape index (κ1) is 25.6. The van der Waals surface area contributed by atoms with Crippen molar-refractivity contribution in [3.63, 3.8) is 0 Å². The molecule has 0 saturated carbocycles. The van der Waals surface area contributed by atoms with E-state index in [1.807, 2.05) is 6.07 Å². The molecule has 0 fully saturated rings. The molecule has 13 heteroatoms. The van der Waals surface area contributed by atoms with E-state index < -0.39 is 30.1 Å². The van der Waals surface area contributed by atoms with Crippen LogP contribution in [0.4, 0.5) is 17.6 Å². The summed E-state index contributed by atoms with van der Waals surface area (Å²) in [6.45, 7) is 2.52. The van der Waals surface area contributed by atoms with Gasteiger partial charge in [0, 0.05) is 18.8 Å². The first-order chi connectivity index (χ1) is 16.7. The van der Waals surface area contributed by atoms with Gasteiger partial charge < -0.3 is 30.2 Å². The van der Waals surface area contributed by atoms with Gasteiger partial charge in [-0.3, -0.25) is 9.78 Å². The number of nitrogens with zero attached hydrogens (tertiary/aromatic N) is 1. The molecule has 35 heavy (non-hydrogen) atoms. The van der Waals surface area contributed by atoms with Crippen LogP contribution in [0.5, 0.6) is 11.5 Å². The smallest absolute Gasteiger partial charge is 0.491 e. The number of fused-ring (bicyclic) bond motifs is 1. The summed E-state index contributed by atoms with van der Waals surface area (Å²) in [5.74, 6) is -1.93. The summed E-state index contributed by atoms with van der Waals surface area (Å²) in [6, 6.07) is 7.72. The number of halogens is 4. The van der Waals surface area contributed by atoms with Gasteiger partial charge in [-0.25, -0.2) is 9.18 Å². The Hall–Kier alpha value is -4.03. The number of nitrogens with one attached hydrogen (secondary N) is 3. The SMILES string of the molecule is CCOC(=O)C1NC=C(C(=O)NC2CCOc3cccnc32)N1.Fc1ccccc1OC(F)(F)F. The van der Waals surface area contributed by atoms with Crippen LogP contribution in [0.1, 0.15) is 25.1 Å². The Labute approximate surface area is 197 Å². The number of amides is 1. The Morgan fingerprint density at radius 3 is 2.71 bits per heavy atom. The number of hydrogen-bond donors (Lipinski definition) is 3. The van der Waals surface area contributed by atoms with Crippen molar-refractivity contribution in [2.24, 2.45) is 0 Å². The van der Waals surface area contributed by atoms with Crippen LogP contribution >= 0.6 is 0 Å². The number of benzene rings is 1.